The lowest BCUT2D eigenvalue weighted by Crippen LogP contribution is -2.57. The van der Waals surface area contributed by atoms with Crippen molar-refractivity contribution in [1.29, 1.82) is 5.26 Å². The Morgan fingerprint density at radius 3 is 2.75 bits per heavy atom. The van der Waals surface area contributed by atoms with Gasteiger partial charge in [0.15, 0.2) is 5.82 Å². The molecule has 2 N–H and O–H groups in total. The molecule has 0 spiro atoms. The zero-order chi connectivity index (χ0) is 35.2. The predicted octanol–water partition coefficient (Wildman–Crippen LogP) is 5.76. The summed E-state index contributed by atoms with van der Waals surface area (Å²) < 4.78 is 54.3. The van der Waals surface area contributed by atoms with E-state index in [4.69, 9.17) is 27.1 Å². The Balaban J connectivity index is 1.16. The van der Waals surface area contributed by atoms with E-state index in [0.717, 1.165) is 43.6 Å². The van der Waals surface area contributed by atoms with Crippen LogP contribution < -0.4 is 15.4 Å². The van der Waals surface area contributed by atoms with Crippen LogP contribution in [0.5, 0.6) is 6.01 Å². The number of alkyl halides is 1. The summed E-state index contributed by atoms with van der Waals surface area (Å²) in [5, 5.41) is 14.5. The normalized spacial score (nSPS) is 24.5. The molecule has 0 saturated carbocycles. The van der Waals surface area contributed by atoms with Crippen LogP contribution in [0.3, 0.4) is 0 Å². The minimum absolute atomic E-state index is 0.00323. The minimum Gasteiger partial charge on any atom is -0.461 e. The third kappa shape index (κ3) is 5.00. The molecule has 2 bridgehead atoms. The second kappa shape index (κ2) is 11.9. The van der Waals surface area contributed by atoms with E-state index in [1.54, 1.807) is 6.07 Å². The fourth-order valence-electron chi connectivity index (χ4n) is 8.68. The van der Waals surface area contributed by atoms with Crippen LogP contribution in [0.15, 0.2) is 30.9 Å². The number of rotatable bonds is 5. The van der Waals surface area contributed by atoms with Crippen molar-refractivity contribution in [1.82, 2.24) is 34.5 Å². The number of thiophene rings is 1. The number of benzene rings is 2. The number of fused-ring (bicyclic) bond motifs is 5. The number of nitriles is 1. The lowest BCUT2D eigenvalue weighted by molar-refractivity contribution is 0.107. The summed E-state index contributed by atoms with van der Waals surface area (Å²) >= 11 is 7.80. The topological polar surface area (TPSA) is 142 Å². The van der Waals surface area contributed by atoms with E-state index in [-0.39, 0.29) is 73.0 Å². The molecule has 0 aliphatic carbocycles. The van der Waals surface area contributed by atoms with Crippen LogP contribution in [0.4, 0.5) is 28.8 Å². The molecule has 17 heteroatoms. The van der Waals surface area contributed by atoms with Crippen molar-refractivity contribution < 1.29 is 22.7 Å². The van der Waals surface area contributed by atoms with Gasteiger partial charge in [0.1, 0.15) is 53.7 Å². The average molecular weight is 735 g/mol. The third-order valence-electron chi connectivity index (χ3n) is 10.9. The average Bonchev–Trinajstić information content (AvgIpc) is 3.93. The van der Waals surface area contributed by atoms with Crippen LogP contribution in [-0.4, -0.2) is 97.1 Å². The monoisotopic (exact) mass is 734 g/mol. The van der Waals surface area contributed by atoms with E-state index in [1.807, 2.05) is 15.9 Å². The van der Waals surface area contributed by atoms with E-state index < -0.39 is 23.3 Å². The molecule has 5 aromatic rings. The molecule has 2 aromatic carbocycles. The maximum atomic E-state index is 17.1. The van der Waals surface area contributed by atoms with Gasteiger partial charge in [0.05, 0.1) is 32.9 Å². The van der Waals surface area contributed by atoms with E-state index in [0.29, 0.717) is 37.3 Å². The van der Waals surface area contributed by atoms with Crippen molar-refractivity contribution in [3.8, 4) is 23.2 Å². The minimum atomic E-state index is -0.965. The van der Waals surface area contributed by atoms with E-state index >= 15 is 4.39 Å². The number of nitrogens with two attached hydrogens (primary N) is 1. The Bertz CT molecular complexity index is 2270. The Kier molecular flexibility index (Phi) is 7.53. The first-order chi connectivity index (χ1) is 24.7. The molecule has 262 valence electrons. The molecule has 12 nitrogen and oxygen atoms in total. The molecular weight excluding hydrogens is 705 g/mol. The Labute approximate surface area is 298 Å². The fourth-order valence-corrected chi connectivity index (χ4v) is 9.93. The lowest BCUT2D eigenvalue weighted by atomic mass is 9.95. The predicted molar refractivity (Wildman–Crippen MR) is 185 cm³/mol. The van der Waals surface area contributed by atoms with E-state index in [9.17, 15) is 18.8 Å². The van der Waals surface area contributed by atoms with Gasteiger partial charge >= 0.3 is 12.0 Å². The highest BCUT2D eigenvalue weighted by Crippen LogP contribution is 2.47. The van der Waals surface area contributed by atoms with E-state index in [1.165, 1.54) is 29.5 Å². The van der Waals surface area contributed by atoms with Crippen molar-refractivity contribution in [3.63, 3.8) is 0 Å². The number of hydrogen-bond donors (Lipinski definition) is 1. The summed E-state index contributed by atoms with van der Waals surface area (Å²) in [5.41, 5.74) is 5.65. The smallest absolute Gasteiger partial charge is 0.346 e. The highest BCUT2D eigenvalue weighted by Gasteiger charge is 2.50. The standard InChI is InChI=1S/C34H30ClF3N10O2S/c35-23-8-21-28(27(38)26(23)20-4-5-24(37)29-25(20)22(10-39)30(40)51-29)43-32(50-14-34-6-1-7-46(34)11-17(36)9-34)44-31(21)45-12-18-2-3-19(13-45)48(18)33(49)47-16-41-15-42-47/h4-5,8,15-19H,1-3,6-7,9,11-14,40H2/t17-,18?,19?,34+/m1/s1. The first kappa shape index (κ1) is 32.2. The molecule has 7 heterocycles. The number of amides is 1. The maximum Gasteiger partial charge on any atom is 0.346 e. The molecule has 0 radical (unpaired) electrons. The number of piperazine rings is 1. The number of anilines is 2. The van der Waals surface area contributed by atoms with Crippen molar-refractivity contribution in [2.45, 2.75) is 55.9 Å². The van der Waals surface area contributed by atoms with Crippen LogP contribution in [0, 0.1) is 23.0 Å². The molecule has 3 aromatic heterocycles. The molecule has 4 aliphatic rings. The van der Waals surface area contributed by atoms with E-state index in [2.05, 4.69) is 20.0 Å². The molecular formula is C34H30ClF3N10O2S. The summed E-state index contributed by atoms with van der Waals surface area (Å²) in [5.74, 6) is -1.02. The third-order valence-corrected chi connectivity index (χ3v) is 12.2. The number of ether oxygens (including phenoxy) is 1. The molecule has 4 saturated heterocycles. The number of hydrogen-bond acceptors (Lipinski definition) is 11. The summed E-state index contributed by atoms with van der Waals surface area (Å²) in [7, 11) is 0. The number of nitrogen functional groups attached to an aromatic ring is 1. The lowest BCUT2D eigenvalue weighted by Gasteiger charge is -2.41. The number of aromatic nitrogens is 5. The van der Waals surface area contributed by atoms with Crippen molar-refractivity contribution in [3.05, 3.63) is 53.1 Å². The highest BCUT2D eigenvalue weighted by atomic mass is 35.5. The summed E-state index contributed by atoms with van der Waals surface area (Å²) in [4.78, 5) is 32.6. The summed E-state index contributed by atoms with van der Waals surface area (Å²) in [6, 6.07) is 5.46. The Hall–Kier alpha value is -4.72. The molecule has 1 amide bonds. The quantitative estimate of drug-likeness (QED) is 0.237. The van der Waals surface area contributed by atoms with Gasteiger partial charge in [-0.15, -0.1) is 11.3 Å². The van der Waals surface area contributed by atoms with Gasteiger partial charge < -0.3 is 20.3 Å². The second-order valence-electron chi connectivity index (χ2n) is 13.7. The zero-order valence-electron chi connectivity index (χ0n) is 27.0. The van der Waals surface area contributed by atoms with Gasteiger partial charge in [-0.25, -0.2) is 22.9 Å². The molecule has 9 rings (SSSR count). The van der Waals surface area contributed by atoms with Gasteiger partial charge in [-0.1, -0.05) is 17.7 Å². The van der Waals surface area contributed by atoms with Gasteiger partial charge in [0.25, 0.3) is 0 Å². The SMILES string of the molecule is N#Cc1c(N)sc2c(F)ccc(-c3c(Cl)cc4c(N5CC6CCC(C5)N6C(=O)n5cncn5)nc(OC[C@@]56CCCN5C[C@H](F)C6)nc4c3F)c12. The van der Waals surface area contributed by atoms with Crippen LogP contribution in [0.1, 0.15) is 37.7 Å². The first-order valence-corrected chi connectivity index (χ1v) is 17.9. The van der Waals surface area contributed by atoms with Gasteiger partial charge in [-0.3, -0.25) is 4.90 Å². The second-order valence-corrected chi connectivity index (χ2v) is 15.2. The molecule has 51 heavy (non-hydrogen) atoms. The summed E-state index contributed by atoms with van der Waals surface area (Å²) in [6.45, 7) is 2.03. The molecule has 4 fully saturated rings. The molecule has 2 unspecified atom stereocenters. The van der Waals surface area contributed by atoms with Gasteiger partial charge in [0, 0.05) is 42.4 Å². The highest BCUT2D eigenvalue weighted by molar-refractivity contribution is 7.23. The number of carbonyl (C=O) groups is 1. The Morgan fingerprint density at radius 1 is 1.20 bits per heavy atom. The number of nitrogens with zero attached hydrogens (tertiary/aromatic N) is 9. The first-order valence-electron chi connectivity index (χ1n) is 16.7. The van der Waals surface area contributed by atoms with Crippen molar-refractivity contribution in [2.75, 3.05) is 43.4 Å². The molecule has 4 aliphatic heterocycles. The van der Waals surface area contributed by atoms with Gasteiger partial charge in [0.2, 0.25) is 0 Å². The van der Waals surface area contributed by atoms with Crippen molar-refractivity contribution in [2.24, 2.45) is 0 Å². The number of halogens is 4. The van der Waals surface area contributed by atoms with Crippen molar-refractivity contribution >= 4 is 60.8 Å². The van der Waals surface area contributed by atoms with Crippen LogP contribution in [0.25, 0.3) is 32.1 Å². The van der Waals surface area contributed by atoms with Crippen LogP contribution >= 0.6 is 22.9 Å². The molecule has 4 atom stereocenters. The summed E-state index contributed by atoms with van der Waals surface area (Å²) in [6.07, 6.45) is 5.23. The van der Waals surface area contributed by atoms with Crippen LogP contribution in [-0.2, 0) is 0 Å². The van der Waals surface area contributed by atoms with Crippen LogP contribution in [0.2, 0.25) is 5.02 Å². The van der Waals surface area contributed by atoms with Gasteiger partial charge in [-0.05, 0) is 49.9 Å². The van der Waals surface area contributed by atoms with Gasteiger partial charge in [-0.2, -0.15) is 25.0 Å². The number of carbonyl (C=O) groups excluding carboxylic acids is 1. The maximum absolute atomic E-state index is 17.1. The zero-order valence-corrected chi connectivity index (χ0v) is 28.6. The fraction of sp³-hybridized carbons (Fsp3) is 0.412. The largest absolute Gasteiger partial charge is 0.461 e. The Morgan fingerprint density at radius 2 is 2.00 bits per heavy atom.